The normalized spacial score (nSPS) is 11.1. The maximum atomic E-state index is 12.3. The van der Waals surface area contributed by atoms with E-state index in [1.54, 1.807) is 24.1 Å². The lowest BCUT2D eigenvalue weighted by atomic mass is 10.1. The van der Waals surface area contributed by atoms with E-state index in [0.29, 0.717) is 12.0 Å². The number of ketones is 1. The van der Waals surface area contributed by atoms with Crippen LogP contribution in [0.15, 0.2) is 36.7 Å². The van der Waals surface area contributed by atoms with Crippen LogP contribution < -0.4 is 0 Å². The Morgan fingerprint density at radius 3 is 2.80 bits per heavy atom. The van der Waals surface area contributed by atoms with E-state index < -0.39 is 0 Å². The third-order valence-corrected chi connectivity index (χ3v) is 3.40. The summed E-state index contributed by atoms with van der Waals surface area (Å²) in [4.78, 5) is 16.8. The van der Waals surface area contributed by atoms with Crippen LogP contribution in [0.4, 0.5) is 0 Å². The summed E-state index contributed by atoms with van der Waals surface area (Å²) in [6.45, 7) is 2.86. The summed E-state index contributed by atoms with van der Waals surface area (Å²) in [7, 11) is 1.80. The lowest BCUT2D eigenvalue weighted by Crippen LogP contribution is -2.09. The highest BCUT2D eigenvalue weighted by Crippen LogP contribution is 2.17. The van der Waals surface area contributed by atoms with E-state index >= 15 is 0 Å². The Bertz CT molecular complexity index is 769. The average molecular weight is 268 g/mol. The highest BCUT2D eigenvalue weighted by molar-refractivity contribution is 5.97. The van der Waals surface area contributed by atoms with Crippen LogP contribution in [0.1, 0.15) is 23.1 Å². The molecule has 0 aliphatic heterocycles. The van der Waals surface area contributed by atoms with Gasteiger partial charge in [0.15, 0.2) is 5.78 Å². The number of benzene rings is 1. The molecule has 0 spiro atoms. The van der Waals surface area contributed by atoms with Gasteiger partial charge in [-0.25, -0.2) is 4.98 Å². The van der Waals surface area contributed by atoms with Crippen LogP contribution in [-0.4, -0.2) is 25.1 Å². The van der Waals surface area contributed by atoms with Crippen LogP contribution in [0.3, 0.4) is 0 Å². The highest BCUT2D eigenvalue weighted by Gasteiger charge is 2.15. The molecule has 0 atom stereocenters. The Balaban J connectivity index is 1.96. The monoisotopic (exact) mass is 268 g/mol. The fourth-order valence-corrected chi connectivity index (χ4v) is 2.42. The number of hydrogen-bond donors (Lipinski definition) is 0. The summed E-state index contributed by atoms with van der Waals surface area (Å²) < 4.78 is 3.72. The fourth-order valence-electron chi connectivity index (χ4n) is 2.42. The molecule has 3 rings (SSSR count). The Labute approximate surface area is 116 Å². The molecule has 0 saturated heterocycles. The molecule has 0 saturated carbocycles. The Hall–Kier alpha value is -2.43. The number of carbonyl (C=O) groups excluding carboxylic acids is 1. The standard InChI is InChI=1S/C15H16N4O/c1-3-19-13-7-5-4-6-12(13)17-15(19)8-14(20)11-9-16-18(2)10-11/h4-7,9-10H,3,8H2,1-2H3. The van der Waals surface area contributed by atoms with Gasteiger partial charge >= 0.3 is 0 Å². The zero-order valence-corrected chi connectivity index (χ0v) is 11.6. The number of carbonyl (C=O) groups is 1. The van der Waals surface area contributed by atoms with Crippen LogP contribution >= 0.6 is 0 Å². The molecule has 5 nitrogen and oxygen atoms in total. The highest BCUT2D eigenvalue weighted by atomic mass is 16.1. The molecule has 0 bridgehead atoms. The fraction of sp³-hybridized carbons (Fsp3) is 0.267. The van der Waals surface area contributed by atoms with E-state index in [1.807, 2.05) is 24.3 Å². The van der Waals surface area contributed by atoms with Crippen molar-refractivity contribution >= 4 is 16.8 Å². The minimum absolute atomic E-state index is 0.0445. The van der Waals surface area contributed by atoms with Gasteiger partial charge in [-0.05, 0) is 19.1 Å². The Kier molecular flexibility index (Phi) is 3.10. The number of fused-ring (bicyclic) bond motifs is 1. The predicted octanol–water partition coefficient (Wildman–Crippen LogP) is 2.22. The molecule has 0 aliphatic rings. The Morgan fingerprint density at radius 2 is 2.10 bits per heavy atom. The SMILES string of the molecule is CCn1c(CC(=O)c2cnn(C)c2)nc2ccccc21. The second kappa shape index (κ2) is 4.92. The van der Waals surface area contributed by atoms with Crippen molar-refractivity contribution in [1.29, 1.82) is 0 Å². The molecule has 102 valence electrons. The van der Waals surface area contributed by atoms with Crippen molar-refractivity contribution in [1.82, 2.24) is 19.3 Å². The predicted molar refractivity (Wildman–Crippen MR) is 76.6 cm³/mol. The minimum Gasteiger partial charge on any atom is -0.328 e. The van der Waals surface area contributed by atoms with Crippen molar-refractivity contribution in [2.24, 2.45) is 7.05 Å². The topological polar surface area (TPSA) is 52.7 Å². The molecule has 0 amide bonds. The number of rotatable bonds is 4. The molecule has 0 fully saturated rings. The first-order chi connectivity index (χ1) is 9.69. The van der Waals surface area contributed by atoms with E-state index in [-0.39, 0.29) is 5.78 Å². The van der Waals surface area contributed by atoms with Crippen LogP contribution in [-0.2, 0) is 20.0 Å². The average Bonchev–Trinajstić information content (AvgIpc) is 3.01. The third-order valence-electron chi connectivity index (χ3n) is 3.40. The molecule has 0 N–H and O–H groups in total. The summed E-state index contributed by atoms with van der Waals surface area (Å²) in [6.07, 6.45) is 3.64. The van der Waals surface area contributed by atoms with Gasteiger partial charge in [0.25, 0.3) is 0 Å². The third kappa shape index (κ3) is 2.11. The quantitative estimate of drug-likeness (QED) is 0.682. The summed E-state index contributed by atoms with van der Waals surface area (Å²) in [5.74, 6) is 0.852. The largest absolute Gasteiger partial charge is 0.328 e. The molecule has 2 heterocycles. The molecule has 3 aromatic rings. The van der Waals surface area contributed by atoms with Gasteiger partial charge in [-0.1, -0.05) is 12.1 Å². The van der Waals surface area contributed by atoms with E-state index in [0.717, 1.165) is 23.4 Å². The van der Waals surface area contributed by atoms with E-state index in [4.69, 9.17) is 0 Å². The maximum absolute atomic E-state index is 12.3. The summed E-state index contributed by atoms with van der Waals surface area (Å²) in [5, 5.41) is 4.03. The maximum Gasteiger partial charge on any atom is 0.173 e. The number of hydrogen-bond acceptors (Lipinski definition) is 3. The number of aromatic nitrogens is 4. The summed E-state index contributed by atoms with van der Waals surface area (Å²) in [5.41, 5.74) is 2.63. The van der Waals surface area contributed by atoms with Crippen molar-refractivity contribution in [2.45, 2.75) is 19.9 Å². The van der Waals surface area contributed by atoms with Gasteiger partial charge in [-0.3, -0.25) is 9.48 Å². The lowest BCUT2D eigenvalue weighted by Gasteiger charge is -2.04. The van der Waals surface area contributed by atoms with Crippen LogP contribution in [0, 0.1) is 0 Å². The van der Waals surface area contributed by atoms with Crippen molar-refractivity contribution in [3.05, 3.63) is 48.0 Å². The molecular formula is C15H16N4O. The second-order valence-electron chi connectivity index (χ2n) is 4.76. The van der Waals surface area contributed by atoms with Gasteiger partial charge in [0.05, 0.1) is 29.2 Å². The van der Waals surface area contributed by atoms with E-state index in [9.17, 15) is 4.79 Å². The van der Waals surface area contributed by atoms with Crippen molar-refractivity contribution in [3.63, 3.8) is 0 Å². The molecule has 20 heavy (non-hydrogen) atoms. The summed E-state index contributed by atoms with van der Waals surface area (Å²) >= 11 is 0. The zero-order valence-electron chi connectivity index (χ0n) is 11.6. The smallest absolute Gasteiger partial charge is 0.173 e. The molecule has 0 radical (unpaired) electrons. The van der Waals surface area contributed by atoms with Crippen molar-refractivity contribution < 1.29 is 4.79 Å². The molecule has 5 heteroatoms. The van der Waals surface area contributed by atoms with Gasteiger partial charge in [0, 0.05) is 19.8 Å². The van der Waals surface area contributed by atoms with E-state index in [1.165, 1.54) is 0 Å². The lowest BCUT2D eigenvalue weighted by molar-refractivity contribution is 0.0990. The number of para-hydroxylation sites is 2. The number of aryl methyl sites for hydroxylation is 2. The van der Waals surface area contributed by atoms with Crippen LogP contribution in [0.25, 0.3) is 11.0 Å². The molecule has 0 unspecified atom stereocenters. The van der Waals surface area contributed by atoms with Gasteiger partial charge in [-0.2, -0.15) is 5.10 Å². The van der Waals surface area contributed by atoms with E-state index in [2.05, 4.69) is 21.6 Å². The zero-order chi connectivity index (χ0) is 14.1. The second-order valence-corrected chi connectivity index (χ2v) is 4.76. The van der Waals surface area contributed by atoms with Crippen LogP contribution in [0.5, 0.6) is 0 Å². The Morgan fingerprint density at radius 1 is 1.30 bits per heavy atom. The van der Waals surface area contributed by atoms with Crippen molar-refractivity contribution in [3.8, 4) is 0 Å². The molecular weight excluding hydrogens is 252 g/mol. The molecule has 0 aliphatic carbocycles. The summed E-state index contributed by atoms with van der Waals surface area (Å²) in [6, 6.07) is 7.95. The van der Waals surface area contributed by atoms with Gasteiger partial charge in [0.1, 0.15) is 5.82 Å². The van der Waals surface area contributed by atoms with Crippen LogP contribution in [0.2, 0.25) is 0 Å². The number of imidazole rings is 1. The first-order valence-corrected chi connectivity index (χ1v) is 6.65. The van der Waals surface area contributed by atoms with Gasteiger partial charge in [-0.15, -0.1) is 0 Å². The minimum atomic E-state index is 0.0445. The molecule has 1 aromatic carbocycles. The number of nitrogens with zero attached hydrogens (tertiary/aromatic N) is 4. The van der Waals surface area contributed by atoms with Gasteiger partial charge in [0.2, 0.25) is 0 Å². The first kappa shape index (κ1) is 12.6. The molecule has 2 aromatic heterocycles. The van der Waals surface area contributed by atoms with Crippen molar-refractivity contribution in [2.75, 3.05) is 0 Å². The number of Topliss-reactive ketones (excluding diaryl/α,β-unsaturated/α-hetero) is 1. The first-order valence-electron chi connectivity index (χ1n) is 6.65. The van der Waals surface area contributed by atoms with Gasteiger partial charge < -0.3 is 4.57 Å².